The zero-order valence-electron chi connectivity index (χ0n) is 19.6. The molecule has 1 aromatic heterocycles. The van der Waals surface area contributed by atoms with Gasteiger partial charge in [-0.1, -0.05) is 48.4 Å². The monoisotopic (exact) mass is 474 g/mol. The van der Waals surface area contributed by atoms with Gasteiger partial charge in [0, 0.05) is 36.4 Å². The van der Waals surface area contributed by atoms with Crippen molar-refractivity contribution in [2.75, 3.05) is 19.6 Å². The van der Waals surface area contributed by atoms with Crippen LogP contribution in [0.25, 0.3) is 5.57 Å². The SMILES string of the molecule is CCC1=CC=C2Oc3ncccc3C(=CCCN3CCC(O)(c4ccc(Cl)cc4)CC3)C=C2C1. The molecule has 4 nitrogen and oxygen atoms in total. The molecule has 34 heavy (non-hydrogen) atoms. The quantitative estimate of drug-likeness (QED) is 0.542. The van der Waals surface area contributed by atoms with Crippen molar-refractivity contribution >= 4 is 17.2 Å². The first kappa shape index (κ1) is 23.1. The lowest BCUT2D eigenvalue weighted by molar-refractivity contribution is -0.0254. The Kier molecular flexibility index (Phi) is 6.73. The van der Waals surface area contributed by atoms with Crippen LogP contribution in [0.15, 0.2) is 83.8 Å². The molecule has 5 rings (SSSR count). The minimum atomic E-state index is -0.762. The highest BCUT2D eigenvalue weighted by Crippen LogP contribution is 2.38. The predicted molar refractivity (Wildman–Crippen MR) is 138 cm³/mol. The molecule has 0 atom stereocenters. The summed E-state index contributed by atoms with van der Waals surface area (Å²) in [5.74, 6) is 1.57. The Balaban J connectivity index is 1.27. The van der Waals surface area contributed by atoms with Crippen LogP contribution in [0.4, 0.5) is 0 Å². The number of fused-ring (bicyclic) bond motifs is 2. The summed E-state index contributed by atoms with van der Waals surface area (Å²) < 4.78 is 6.20. The molecule has 0 saturated carbocycles. The van der Waals surface area contributed by atoms with Crippen molar-refractivity contribution in [3.63, 3.8) is 0 Å². The van der Waals surface area contributed by atoms with Crippen LogP contribution in [0.3, 0.4) is 0 Å². The molecule has 1 saturated heterocycles. The number of rotatable bonds is 5. The molecule has 176 valence electrons. The second kappa shape index (κ2) is 9.91. The fraction of sp³-hybridized carbons (Fsp3) is 0.345. The molecule has 0 unspecified atom stereocenters. The smallest absolute Gasteiger partial charge is 0.227 e. The Morgan fingerprint density at radius 3 is 2.71 bits per heavy atom. The van der Waals surface area contributed by atoms with Gasteiger partial charge in [0.15, 0.2) is 0 Å². The number of piperidine rings is 1. The number of nitrogens with zero attached hydrogens (tertiary/aromatic N) is 2. The van der Waals surface area contributed by atoms with E-state index in [9.17, 15) is 5.11 Å². The van der Waals surface area contributed by atoms with E-state index in [-0.39, 0.29) is 0 Å². The van der Waals surface area contributed by atoms with Gasteiger partial charge in [-0.25, -0.2) is 4.98 Å². The Morgan fingerprint density at radius 2 is 1.94 bits per heavy atom. The molecular formula is C29H31ClN2O2. The third-order valence-corrected chi connectivity index (χ3v) is 7.40. The van der Waals surface area contributed by atoms with E-state index in [0.717, 1.165) is 68.6 Å². The lowest BCUT2D eigenvalue weighted by Gasteiger charge is -2.38. The largest absolute Gasteiger partial charge is 0.438 e. The third kappa shape index (κ3) is 4.90. The van der Waals surface area contributed by atoms with Crippen molar-refractivity contribution in [3.8, 4) is 5.88 Å². The number of benzene rings is 1. The van der Waals surface area contributed by atoms with Gasteiger partial charge in [0.25, 0.3) is 0 Å². The van der Waals surface area contributed by atoms with E-state index >= 15 is 0 Å². The average molecular weight is 475 g/mol. The van der Waals surface area contributed by atoms with Crippen molar-refractivity contribution in [2.24, 2.45) is 0 Å². The van der Waals surface area contributed by atoms with E-state index in [4.69, 9.17) is 16.3 Å². The number of allylic oxidation sites excluding steroid dienone is 6. The van der Waals surface area contributed by atoms with Gasteiger partial charge in [0.2, 0.25) is 5.88 Å². The molecule has 0 amide bonds. The van der Waals surface area contributed by atoms with Crippen LogP contribution < -0.4 is 4.74 Å². The van der Waals surface area contributed by atoms with Crippen LogP contribution in [0, 0.1) is 0 Å². The highest BCUT2D eigenvalue weighted by atomic mass is 35.5. The second-order valence-corrected chi connectivity index (χ2v) is 9.78. The standard InChI is InChI=1S/C29H31ClN2O2/c1-2-21-7-12-27-23(19-21)20-22(26-6-3-15-31-28(26)34-27)5-4-16-32-17-13-29(33,14-18-32)24-8-10-25(30)11-9-24/h3,5-12,15,20,33H,2,4,13-14,16-19H2,1H3. The maximum atomic E-state index is 11.2. The van der Waals surface area contributed by atoms with Crippen LogP contribution in [0.5, 0.6) is 5.88 Å². The summed E-state index contributed by atoms with van der Waals surface area (Å²) >= 11 is 6.02. The van der Waals surface area contributed by atoms with Gasteiger partial charge < -0.3 is 14.7 Å². The minimum Gasteiger partial charge on any atom is -0.438 e. The van der Waals surface area contributed by atoms with E-state index in [0.29, 0.717) is 10.9 Å². The highest BCUT2D eigenvalue weighted by molar-refractivity contribution is 6.30. The Bertz CT molecular complexity index is 1170. The number of pyridine rings is 1. The molecule has 1 N–H and O–H groups in total. The van der Waals surface area contributed by atoms with Gasteiger partial charge in [-0.15, -0.1) is 0 Å². The maximum absolute atomic E-state index is 11.2. The van der Waals surface area contributed by atoms with E-state index in [1.165, 1.54) is 16.7 Å². The lowest BCUT2D eigenvalue weighted by Crippen LogP contribution is -2.42. The summed E-state index contributed by atoms with van der Waals surface area (Å²) in [6.45, 7) is 4.91. The molecule has 3 aliphatic rings. The zero-order valence-corrected chi connectivity index (χ0v) is 20.4. The summed E-state index contributed by atoms with van der Waals surface area (Å²) in [5.41, 5.74) is 5.05. The number of aliphatic hydroxyl groups is 1. The summed E-state index contributed by atoms with van der Waals surface area (Å²) in [5, 5.41) is 11.9. The first-order valence-electron chi connectivity index (χ1n) is 12.2. The van der Waals surface area contributed by atoms with E-state index in [1.54, 1.807) is 6.20 Å². The van der Waals surface area contributed by atoms with Crippen molar-refractivity contribution < 1.29 is 9.84 Å². The van der Waals surface area contributed by atoms with E-state index < -0.39 is 5.60 Å². The summed E-state index contributed by atoms with van der Waals surface area (Å²) in [7, 11) is 0. The van der Waals surface area contributed by atoms with Crippen LogP contribution >= 0.6 is 11.6 Å². The zero-order chi connectivity index (χ0) is 23.5. The Hall–Kier alpha value is -2.66. The number of likely N-dealkylation sites (tertiary alicyclic amines) is 1. The first-order chi connectivity index (χ1) is 16.5. The van der Waals surface area contributed by atoms with Gasteiger partial charge in [0.05, 0.1) is 5.60 Å². The first-order valence-corrected chi connectivity index (χ1v) is 12.6. The summed E-state index contributed by atoms with van der Waals surface area (Å²) in [6.07, 6.45) is 15.0. The minimum absolute atomic E-state index is 0.672. The van der Waals surface area contributed by atoms with Gasteiger partial charge in [-0.2, -0.15) is 0 Å². The molecule has 1 aromatic carbocycles. The van der Waals surface area contributed by atoms with Crippen molar-refractivity contribution in [1.82, 2.24) is 9.88 Å². The molecule has 0 spiro atoms. The van der Waals surface area contributed by atoms with E-state index in [2.05, 4.69) is 47.2 Å². The topological polar surface area (TPSA) is 45.6 Å². The number of hydrogen-bond acceptors (Lipinski definition) is 4. The lowest BCUT2D eigenvalue weighted by atomic mass is 9.84. The van der Waals surface area contributed by atoms with Gasteiger partial charge in [-0.05, 0) is 85.2 Å². The maximum Gasteiger partial charge on any atom is 0.227 e. The van der Waals surface area contributed by atoms with Gasteiger partial charge in [0.1, 0.15) is 5.76 Å². The molecule has 1 aliphatic carbocycles. The van der Waals surface area contributed by atoms with Crippen molar-refractivity contribution in [1.29, 1.82) is 0 Å². The van der Waals surface area contributed by atoms with Crippen molar-refractivity contribution in [2.45, 2.75) is 44.6 Å². The van der Waals surface area contributed by atoms with Crippen LogP contribution in [0.2, 0.25) is 5.02 Å². The molecule has 2 aliphatic heterocycles. The molecule has 3 heterocycles. The number of halogens is 1. The van der Waals surface area contributed by atoms with Crippen LogP contribution in [0.1, 0.15) is 50.2 Å². The highest BCUT2D eigenvalue weighted by Gasteiger charge is 2.33. The van der Waals surface area contributed by atoms with E-state index in [1.807, 2.05) is 30.3 Å². The molecule has 0 radical (unpaired) electrons. The molecular weight excluding hydrogens is 444 g/mol. The Labute approximate surface area is 206 Å². The summed E-state index contributed by atoms with van der Waals surface area (Å²) in [4.78, 5) is 6.94. The van der Waals surface area contributed by atoms with Gasteiger partial charge in [-0.3, -0.25) is 0 Å². The Morgan fingerprint density at radius 1 is 1.15 bits per heavy atom. The molecule has 5 heteroatoms. The number of hydrogen-bond donors (Lipinski definition) is 1. The summed E-state index contributed by atoms with van der Waals surface area (Å²) in [6, 6.07) is 11.7. The van der Waals surface area contributed by atoms with Gasteiger partial charge >= 0.3 is 0 Å². The normalized spacial score (nSPS) is 20.9. The fourth-order valence-electron chi connectivity index (χ4n) is 4.98. The molecule has 1 fully saturated rings. The predicted octanol–water partition coefficient (Wildman–Crippen LogP) is 6.43. The second-order valence-electron chi connectivity index (χ2n) is 9.34. The third-order valence-electron chi connectivity index (χ3n) is 7.15. The average Bonchev–Trinajstić information content (AvgIpc) is 3.01. The molecule has 0 bridgehead atoms. The fourth-order valence-corrected chi connectivity index (χ4v) is 5.11. The number of ether oxygens (including phenoxy) is 1. The van der Waals surface area contributed by atoms with Crippen LogP contribution in [-0.4, -0.2) is 34.6 Å². The molecule has 2 aromatic rings. The number of aromatic nitrogens is 1. The van der Waals surface area contributed by atoms with Crippen molar-refractivity contribution in [3.05, 3.63) is 100.0 Å². The van der Waals surface area contributed by atoms with Crippen LogP contribution in [-0.2, 0) is 5.60 Å².